The van der Waals surface area contributed by atoms with E-state index in [1.54, 1.807) is 23.9 Å². The third-order valence-corrected chi connectivity index (χ3v) is 6.20. The predicted molar refractivity (Wildman–Crippen MR) is 119 cm³/mol. The zero-order valence-corrected chi connectivity index (χ0v) is 17.0. The molecule has 0 spiro atoms. The van der Waals surface area contributed by atoms with E-state index in [2.05, 4.69) is 18.3 Å². The van der Waals surface area contributed by atoms with Gasteiger partial charge in [0, 0.05) is 16.9 Å². The summed E-state index contributed by atoms with van der Waals surface area (Å²) in [6, 6.07) is 25.0. The van der Waals surface area contributed by atoms with Crippen LogP contribution in [0, 0.1) is 0 Å². The minimum Gasteiger partial charge on any atom is -0.322 e. The number of para-hydroxylation sites is 1. The third kappa shape index (κ3) is 4.05. The average molecular weight is 403 g/mol. The SMILES string of the molecule is CCc1ccccc1N1C(=O)CS[C@@H]1c1ccc(NC(=O)c2ccccc2)cc1. The van der Waals surface area contributed by atoms with Gasteiger partial charge in [-0.25, -0.2) is 0 Å². The highest BCUT2D eigenvalue weighted by molar-refractivity contribution is 8.00. The Bertz CT molecular complexity index is 1020. The summed E-state index contributed by atoms with van der Waals surface area (Å²) in [5, 5.41) is 2.86. The van der Waals surface area contributed by atoms with E-state index in [0.29, 0.717) is 11.3 Å². The first kappa shape index (κ1) is 19.3. The molecule has 1 aliphatic rings. The van der Waals surface area contributed by atoms with Crippen molar-refractivity contribution < 1.29 is 9.59 Å². The molecule has 1 saturated heterocycles. The molecule has 0 aliphatic carbocycles. The summed E-state index contributed by atoms with van der Waals surface area (Å²) in [6.45, 7) is 2.10. The molecular weight excluding hydrogens is 380 g/mol. The van der Waals surface area contributed by atoms with E-state index in [1.807, 2.05) is 65.6 Å². The van der Waals surface area contributed by atoms with Gasteiger partial charge in [0.1, 0.15) is 5.37 Å². The fourth-order valence-corrected chi connectivity index (χ4v) is 4.67. The Labute approximate surface area is 174 Å². The van der Waals surface area contributed by atoms with Crippen LogP contribution >= 0.6 is 11.8 Å². The lowest BCUT2D eigenvalue weighted by molar-refractivity contribution is -0.115. The topological polar surface area (TPSA) is 49.4 Å². The minimum atomic E-state index is -0.137. The molecule has 2 amide bonds. The van der Waals surface area contributed by atoms with Crippen molar-refractivity contribution in [2.75, 3.05) is 16.0 Å². The van der Waals surface area contributed by atoms with E-state index >= 15 is 0 Å². The van der Waals surface area contributed by atoms with Crippen LogP contribution in [0.1, 0.15) is 33.8 Å². The van der Waals surface area contributed by atoms with Gasteiger partial charge in [0.15, 0.2) is 0 Å². The van der Waals surface area contributed by atoms with Gasteiger partial charge in [0.25, 0.3) is 5.91 Å². The molecule has 29 heavy (non-hydrogen) atoms. The number of benzene rings is 3. The Balaban J connectivity index is 1.55. The van der Waals surface area contributed by atoms with Crippen LogP contribution in [0.4, 0.5) is 11.4 Å². The van der Waals surface area contributed by atoms with Gasteiger partial charge in [-0.3, -0.25) is 14.5 Å². The molecule has 1 N–H and O–H groups in total. The summed E-state index contributed by atoms with van der Waals surface area (Å²) < 4.78 is 0. The summed E-state index contributed by atoms with van der Waals surface area (Å²) in [5.41, 5.74) is 4.55. The molecule has 0 unspecified atom stereocenters. The zero-order valence-electron chi connectivity index (χ0n) is 16.2. The molecule has 0 saturated carbocycles. The second-order valence-electron chi connectivity index (χ2n) is 6.85. The number of carbonyl (C=O) groups is 2. The monoisotopic (exact) mass is 402 g/mol. The van der Waals surface area contributed by atoms with E-state index in [4.69, 9.17) is 0 Å². The van der Waals surface area contributed by atoms with E-state index in [9.17, 15) is 9.59 Å². The number of hydrogen-bond donors (Lipinski definition) is 1. The Morgan fingerprint density at radius 2 is 1.69 bits per heavy atom. The van der Waals surface area contributed by atoms with Gasteiger partial charge in [-0.2, -0.15) is 0 Å². The molecular formula is C24H22N2O2S. The van der Waals surface area contributed by atoms with Gasteiger partial charge in [-0.1, -0.05) is 55.5 Å². The summed E-state index contributed by atoms with van der Waals surface area (Å²) >= 11 is 1.63. The number of amides is 2. The number of aryl methyl sites for hydroxylation is 1. The van der Waals surface area contributed by atoms with Crippen LogP contribution in [-0.4, -0.2) is 17.6 Å². The normalized spacial score (nSPS) is 16.1. The lowest BCUT2D eigenvalue weighted by Gasteiger charge is -2.26. The second kappa shape index (κ2) is 8.53. The van der Waals surface area contributed by atoms with Gasteiger partial charge in [-0.05, 0) is 47.9 Å². The van der Waals surface area contributed by atoms with E-state index in [1.165, 1.54) is 5.56 Å². The van der Waals surface area contributed by atoms with Crippen molar-refractivity contribution in [1.29, 1.82) is 0 Å². The Morgan fingerprint density at radius 3 is 2.41 bits per heavy atom. The quantitative estimate of drug-likeness (QED) is 0.632. The van der Waals surface area contributed by atoms with Gasteiger partial charge in [0.2, 0.25) is 5.91 Å². The highest BCUT2D eigenvalue weighted by Gasteiger charge is 2.34. The first-order valence-corrected chi connectivity index (χ1v) is 10.7. The molecule has 5 heteroatoms. The summed E-state index contributed by atoms with van der Waals surface area (Å²) in [6.07, 6.45) is 0.877. The second-order valence-corrected chi connectivity index (χ2v) is 7.92. The molecule has 3 aromatic carbocycles. The van der Waals surface area contributed by atoms with Gasteiger partial charge >= 0.3 is 0 Å². The van der Waals surface area contributed by atoms with Crippen molar-refractivity contribution >= 4 is 35.0 Å². The van der Waals surface area contributed by atoms with Gasteiger partial charge < -0.3 is 5.32 Å². The van der Waals surface area contributed by atoms with E-state index in [0.717, 1.165) is 23.4 Å². The Morgan fingerprint density at radius 1 is 1.00 bits per heavy atom. The fourth-order valence-electron chi connectivity index (χ4n) is 3.50. The molecule has 3 aromatic rings. The van der Waals surface area contributed by atoms with Crippen molar-refractivity contribution in [2.45, 2.75) is 18.7 Å². The predicted octanol–water partition coefficient (Wildman–Crippen LogP) is 5.28. The number of carbonyl (C=O) groups excluding carboxylic acids is 2. The van der Waals surface area contributed by atoms with Crippen LogP contribution in [0.2, 0.25) is 0 Å². The fraction of sp³-hybridized carbons (Fsp3) is 0.167. The molecule has 1 aliphatic heterocycles. The molecule has 0 aromatic heterocycles. The van der Waals surface area contributed by atoms with Crippen LogP contribution in [0.3, 0.4) is 0 Å². The molecule has 1 atom stereocenters. The van der Waals surface area contributed by atoms with Crippen molar-refractivity contribution in [3.63, 3.8) is 0 Å². The number of hydrogen-bond acceptors (Lipinski definition) is 3. The Hall–Kier alpha value is -3.05. The van der Waals surface area contributed by atoms with Crippen molar-refractivity contribution in [3.8, 4) is 0 Å². The molecule has 4 rings (SSSR count). The third-order valence-electron chi connectivity index (χ3n) is 4.99. The highest BCUT2D eigenvalue weighted by Crippen LogP contribution is 2.43. The number of nitrogens with one attached hydrogen (secondary N) is 1. The molecule has 0 bridgehead atoms. The van der Waals surface area contributed by atoms with Crippen LogP contribution in [-0.2, 0) is 11.2 Å². The molecule has 4 nitrogen and oxygen atoms in total. The summed E-state index contributed by atoms with van der Waals surface area (Å²) in [7, 11) is 0. The first-order valence-electron chi connectivity index (χ1n) is 9.65. The Kier molecular flexibility index (Phi) is 5.67. The van der Waals surface area contributed by atoms with Crippen molar-refractivity contribution in [2.24, 2.45) is 0 Å². The molecule has 1 heterocycles. The van der Waals surface area contributed by atoms with Crippen LogP contribution in [0.5, 0.6) is 0 Å². The summed E-state index contributed by atoms with van der Waals surface area (Å²) in [5.74, 6) is 0.458. The van der Waals surface area contributed by atoms with E-state index < -0.39 is 0 Å². The van der Waals surface area contributed by atoms with E-state index in [-0.39, 0.29) is 17.2 Å². The maximum Gasteiger partial charge on any atom is 0.255 e. The first-order chi connectivity index (χ1) is 14.2. The van der Waals surface area contributed by atoms with Crippen LogP contribution < -0.4 is 10.2 Å². The maximum absolute atomic E-state index is 12.6. The zero-order chi connectivity index (χ0) is 20.2. The number of thioether (sulfide) groups is 1. The lowest BCUT2D eigenvalue weighted by atomic mass is 10.1. The van der Waals surface area contributed by atoms with Gasteiger partial charge in [0.05, 0.1) is 5.75 Å². The number of anilines is 2. The van der Waals surface area contributed by atoms with Crippen molar-refractivity contribution in [3.05, 3.63) is 95.6 Å². The smallest absolute Gasteiger partial charge is 0.255 e. The molecule has 146 valence electrons. The lowest BCUT2D eigenvalue weighted by Crippen LogP contribution is -2.28. The molecule has 0 radical (unpaired) electrons. The highest BCUT2D eigenvalue weighted by atomic mass is 32.2. The largest absolute Gasteiger partial charge is 0.322 e. The maximum atomic E-state index is 12.6. The number of rotatable bonds is 5. The van der Waals surface area contributed by atoms with Crippen LogP contribution in [0.15, 0.2) is 78.9 Å². The average Bonchev–Trinajstić information content (AvgIpc) is 3.16. The standard InChI is InChI=1S/C24H22N2O2S/c1-2-17-8-6-7-11-21(17)26-22(27)16-29-24(26)19-12-14-20(15-13-19)25-23(28)18-9-4-3-5-10-18/h3-15,24H,2,16H2,1H3,(H,25,28)/t24-/m1/s1. The summed E-state index contributed by atoms with van der Waals surface area (Å²) in [4.78, 5) is 26.9. The van der Waals surface area contributed by atoms with Crippen molar-refractivity contribution in [1.82, 2.24) is 0 Å². The number of nitrogens with zero attached hydrogens (tertiary/aromatic N) is 1. The molecule has 1 fully saturated rings. The van der Waals surface area contributed by atoms with Gasteiger partial charge in [-0.15, -0.1) is 11.8 Å². The minimum absolute atomic E-state index is 0.0610. The van der Waals surface area contributed by atoms with Crippen LogP contribution in [0.25, 0.3) is 0 Å².